The Kier molecular flexibility index (Phi) is 6.41. The van der Waals surface area contributed by atoms with E-state index in [1.165, 1.54) is 0 Å². The van der Waals surface area contributed by atoms with Gasteiger partial charge in [-0.15, -0.1) is 12.4 Å². The number of hydrogen-bond donors (Lipinski definition) is 4. The lowest BCUT2D eigenvalue weighted by molar-refractivity contribution is 1.43. The fourth-order valence-corrected chi connectivity index (χ4v) is 2.32. The van der Waals surface area contributed by atoms with Crippen LogP contribution < -0.4 is 22.9 Å². The Hall–Kier alpha value is -3.51. The van der Waals surface area contributed by atoms with Gasteiger partial charge in [0.25, 0.3) is 0 Å². The topological polar surface area (TPSA) is 129 Å². The normalized spacial score (nSPS) is 11.7. The standard InChI is InChI=1S/C20H20N6.ClH/c21-15-5-9-17(10-6-15)25-19(23)13-1-2-14(4-3-13)20(24)26-18-11-7-16(22)8-12-18;/h1-12H,21-22H2,(H2,23,25)(H2,24,26);1H. The largest absolute Gasteiger partial charge is 0.399 e. The van der Waals surface area contributed by atoms with E-state index in [4.69, 9.17) is 22.9 Å². The third-order valence-corrected chi connectivity index (χ3v) is 3.76. The van der Waals surface area contributed by atoms with E-state index in [0.717, 1.165) is 22.5 Å². The second kappa shape index (κ2) is 8.73. The Morgan fingerprint density at radius 3 is 1.11 bits per heavy atom. The number of benzene rings is 3. The van der Waals surface area contributed by atoms with Gasteiger partial charge in [-0.25, -0.2) is 9.98 Å². The fraction of sp³-hybridized carbons (Fsp3) is 0. The van der Waals surface area contributed by atoms with Crippen LogP contribution in [0.5, 0.6) is 0 Å². The first-order chi connectivity index (χ1) is 12.5. The molecule has 0 radical (unpaired) electrons. The first-order valence-electron chi connectivity index (χ1n) is 8.01. The summed E-state index contributed by atoms with van der Waals surface area (Å²) in [6.45, 7) is 0. The minimum absolute atomic E-state index is 0. The molecule has 0 spiro atoms. The second-order valence-corrected chi connectivity index (χ2v) is 5.75. The number of nitrogen functional groups attached to an aromatic ring is 2. The van der Waals surface area contributed by atoms with Crippen molar-refractivity contribution in [1.82, 2.24) is 0 Å². The van der Waals surface area contributed by atoms with E-state index >= 15 is 0 Å². The Labute approximate surface area is 164 Å². The van der Waals surface area contributed by atoms with Crippen LogP contribution in [0.3, 0.4) is 0 Å². The zero-order valence-electron chi connectivity index (χ0n) is 14.5. The molecule has 0 saturated heterocycles. The van der Waals surface area contributed by atoms with Crippen LogP contribution in [-0.2, 0) is 0 Å². The number of hydrogen-bond acceptors (Lipinski definition) is 4. The van der Waals surface area contributed by atoms with E-state index in [-0.39, 0.29) is 12.4 Å². The van der Waals surface area contributed by atoms with Crippen molar-refractivity contribution < 1.29 is 0 Å². The predicted octanol–water partition coefficient (Wildman–Crippen LogP) is 3.35. The molecule has 0 aliphatic heterocycles. The maximum absolute atomic E-state index is 6.07. The number of amidine groups is 2. The van der Waals surface area contributed by atoms with Crippen LogP contribution in [-0.4, -0.2) is 11.7 Å². The van der Waals surface area contributed by atoms with E-state index in [1.54, 1.807) is 24.3 Å². The molecular weight excluding hydrogens is 360 g/mol. The van der Waals surface area contributed by atoms with Crippen molar-refractivity contribution in [2.45, 2.75) is 0 Å². The number of nitrogens with zero attached hydrogens (tertiary/aromatic N) is 2. The Balaban J connectivity index is 0.00000261. The van der Waals surface area contributed by atoms with E-state index in [2.05, 4.69) is 9.98 Å². The quantitative estimate of drug-likeness (QED) is 0.314. The molecule has 0 aromatic heterocycles. The third-order valence-electron chi connectivity index (χ3n) is 3.76. The highest BCUT2D eigenvalue weighted by molar-refractivity contribution is 6.02. The highest BCUT2D eigenvalue weighted by atomic mass is 35.5. The van der Waals surface area contributed by atoms with Crippen molar-refractivity contribution in [3.63, 3.8) is 0 Å². The molecule has 0 heterocycles. The third kappa shape index (κ3) is 5.23. The molecule has 3 aromatic carbocycles. The molecule has 0 aliphatic rings. The molecule has 0 unspecified atom stereocenters. The van der Waals surface area contributed by atoms with Crippen LogP contribution in [0, 0.1) is 0 Å². The molecule has 0 saturated carbocycles. The summed E-state index contributed by atoms with van der Waals surface area (Å²) >= 11 is 0. The number of halogens is 1. The van der Waals surface area contributed by atoms with Gasteiger partial charge in [-0.1, -0.05) is 24.3 Å². The summed E-state index contributed by atoms with van der Waals surface area (Å²) in [5, 5.41) is 0. The van der Waals surface area contributed by atoms with Crippen LogP contribution >= 0.6 is 12.4 Å². The summed E-state index contributed by atoms with van der Waals surface area (Å²) in [6.07, 6.45) is 0. The van der Waals surface area contributed by atoms with Crippen molar-refractivity contribution in [3.8, 4) is 0 Å². The maximum atomic E-state index is 6.07. The maximum Gasteiger partial charge on any atom is 0.131 e. The summed E-state index contributed by atoms with van der Waals surface area (Å²) in [6, 6.07) is 21.8. The summed E-state index contributed by atoms with van der Waals surface area (Å²) in [4.78, 5) is 8.77. The Morgan fingerprint density at radius 2 is 0.815 bits per heavy atom. The smallest absolute Gasteiger partial charge is 0.131 e. The van der Waals surface area contributed by atoms with Crippen molar-refractivity contribution >= 4 is 46.8 Å². The minimum atomic E-state index is 0. The Morgan fingerprint density at radius 1 is 0.519 bits per heavy atom. The van der Waals surface area contributed by atoms with Crippen molar-refractivity contribution in [1.29, 1.82) is 0 Å². The summed E-state index contributed by atoms with van der Waals surface area (Å²) in [5.74, 6) is 0.825. The molecule has 138 valence electrons. The van der Waals surface area contributed by atoms with Gasteiger partial charge in [0.1, 0.15) is 11.7 Å². The van der Waals surface area contributed by atoms with Crippen LogP contribution in [0.25, 0.3) is 0 Å². The molecule has 0 fully saturated rings. The van der Waals surface area contributed by atoms with Gasteiger partial charge >= 0.3 is 0 Å². The lowest BCUT2D eigenvalue weighted by Crippen LogP contribution is -2.15. The van der Waals surface area contributed by atoms with Crippen LogP contribution in [0.2, 0.25) is 0 Å². The summed E-state index contributed by atoms with van der Waals surface area (Å²) < 4.78 is 0. The first kappa shape index (κ1) is 19.8. The average molecular weight is 381 g/mol. The van der Waals surface area contributed by atoms with Gasteiger partial charge in [-0.3, -0.25) is 0 Å². The van der Waals surface area contributed by atoms with Gasteiger partial charge in [-0.2, -0.15) is 0 Å². The van der Waals surface area contributed by atoms with Gasteiger partial charge in [0.15, 0.2) is 0 Å². The monoisotopic (exact) mass is 380 g/mol. The zero-order chi connectivity index (χ0) is 18.5. The Bertz CT molecular complexity index is 865. The highest BCUT2D eigenvalue weighted by Gasteiger charge is 2.03. The van der Waals surface area contributed by atoms with Crippen molar-refractivity contribution in [2.24, 2.45) is 21.5 Å². The van der Waals surface area contributed by atoms with E-state index in [9.17, 15) is 0 Å². The molecule has 3 aromatic rings. The molecule has 0 atom stereocenters. The molecule has 27 heavy (non-hydrogen) atoms. The van der Waals surface area contributed by atoms with Crippen LogP contribution in [0.4, 0.5) is 22.7 Å². The summed E-state index contributed by atoms with van der Waals surface area (Å²) in [7, 11) is 0. The fourth-order valence-electron chi connectivity index (χ4n) is 2.32. The lowest BCUT2D eigenvalue weighted by atomic mass is 10.1. The van der Waals surface area contributed by atoms with Crippen molar-refractivity contribution in [2.75, 3.05) is 11.5 Å². The molecule has 8 N–H and O–H groups in total. The molecule has 0 amide bonds. The van der Waals surface area contributed by atoms with Crippen LogP contribution in [0.1, 0.15) is 11.1 Å². The van der Waals surface area contributed by atoms with Crippen molar-refractivity contribution in [3.05, 3.63) is 83.9 Å². The molecule has 7 heteroatoms. The molecule has 6 nitrogen and oxygen atoms in total. The van der Waals surface area contributed by atoms with E-state index in [0.29, 0.717) is 23.0 Å². The van der Waals surface area contributed by atoms with E-state index < -0.39 is 0 Å². The number of rotatable bonds is 4. The number of aliphatic imine (C=N–C) groups is 2. The van der Waals surface area contributed by atoms with E-state index in [1.807, 2.05) is 48.5 Å². The SMILES string of the molecule is Cl.NC(=Nc1ccc(N)cc1)c1ccc(C(N)=Nc2ccc(N)cc2)cc1. The minimum Gasteiger partial charge on any atom is -0.399 e. The van der Waals surface area contributed by atoms with Gasteiger partial charge in [0, 0.05) is 22.5 Å². The van der Waals surface area contributed by atoms with Gasteiger partial charge in [0.2, 0.25) is 0 Å². The molecule has 0 bridgehead atoms. The number of anilines is 2. The predicted molar refractivity (Wildman–Crippen MR) is 116 cm³/mol. The highest BCUT2D eigenvalue weighted by Crippen LogP contribution is 2.17. The molecule has 3 rings (SSSR count). The second-order valence-electron chi connectivity index (χ2n) is 5.75. The average Bonchev–Trinajstić information content (AvgIpc) is 2.65. The van der Waals surface area contributed by atoms with Crippen LogP contribution in [0.15, 0.2) is 82.8 Å². The zero-order valence-corrected chi connectivity index (χ0v) is 15.4. The van der Waals surface area contributed by atoms with Gasteiger partial charge in [0.05, 0.1) is 11.4 Å². The van der Waals surface area contributed by atoms with Gasteiger partial charge < -0.3 is 22.9 Å². The molecular formula is C20H21ClN6. The van der Waals surface area contributed by atoms with Gasteiger partial charge in [-0.05, 0) is 48.5 Å². The first-order valence-corrected chi connectivity index (χ1v) is 8.01. The number of nitrogens with two attached hydrogens (primary N) is 4. The lowest BCUT2D eigenvalue weighted by Gasteiger charge is -2.05. The summed E-state index contributed by atoms with van der Waals surface area (Å²) in [5.41, 5.74) is 27.9. The molecule has 0 aliphatic carbocycles.